The zero-order valence-corrected chi connectivity index (χ0v) is 20.1. The summed E-state index contributed by atoms with van der Waals surface area (Å²) in [6.45, 7) is -1.04. The van der Waals surface area contributed by atoms with Crippen molar-refractivity contribution in [3.63, 3.8) is 0 Å². The average Bonchev–Trinajstić information content (AvgIpc) is 3.60. The van der Waals surface area contributed by atoms with Gasteiger partial charge in [-0.15, -0.1) is 0 Å². The molecule has 0 radical (unpaired) electrons. The number of carbonyl (C=O) groups excluding carboxylic acids is 1. The van der Waals surface area contributed by atoms with Crippen molar-refractivity contribution in [1.29, 1.82) is 0 Å². The first-order valence-corrected chi connectivity index (χ1v) is 11.8. The van der Waals surface area contributed by atoms with Gasteiger partial charge in [-0.3, -0.25) is 0 Å². The lowest BCUT2D eigenvalue weighted by Crippen LogP contribution is -2.60. The van der Waals surface area contributed by atoms with Crippen molar-refractivity contribution in [2.45, 2.75) is 54.8 Å². The van der Waals surface area contributed by atoms with Gasteiger partial charge >= 0.3 is 5.97 Å². The second-order valence-electron chi connectivity index (χ2n) is 9.36. The SMILES string of the molecule is COc1ccc(C(=O)OC2C3C=COC(OC4OC(CO)C(O)C(O)C4O)C3C3(CO)OC23)cc1OC. The van der Waals surface area contributed by atoms with Gasteiger partial charge in [-0.1, -0.05) is 0 Å². The number of epoxide rings is 1. The van der Waals surface area contributed by atoms with Crippen molar-refractivity contribution in [3.05, 3.63) is 36.1 Å². The second-order valence-corrected chi connectivity index (χ2v) is 9.36. The van der Waals surface area contributed by atoms with Crippen molar-refractivity contribution >= 4 is 5.97 Å². The van der Waals surface area contributed by atoms with E-state index in [1.165, 1.54) is 32.6 Å². The molecule has 3 fully saturated rings. The molecule has 4 aliphatic rings. The maximum Gasteiger partial charge on any atom is 0.338 e. The second kappa shape index (κ2) is 10.0. The van der Waals surface area contributed by atoms with Gasteiger partial charge in [0, 0.05) is 5.92 Å². The topological polar surface area (TPSA) is 186 Å². The van der Waals surface area contributed by atoms with E-state index in [1.807, 2.05) is 0 Å². The summed E-state index contributed by atoms with van der Waals surface area (Å²) in [6.07, 6.45) is -7.02. The Morgan fingerprint density at radius 1 is 1.03 bits per heavy atom. The molecule has 0 amide bonds. The Balaban J connectivity index is 1.34. The first-order valence-electron chi connectivity index (χ1n) is 11.8. The molecular formula is C24H30O13. The third-order valence-corrected chi connectivity index (χ3v) is 7.46. The first kappa shape index (κ1) is 26.1. The Hall–Kier alpha value is -2.49. The molecule has 1 saturated carbocycles. The molecule has 1 aromatic carbocycles. The Morgan fingerprint density at radius 3 is 2.46 bits per heavy atom. The van der Waals surface area contributed by atoms with Crippen LogP contribution in [0.1, 0.15) is 10.4 Å². The van der Waals surface area contributed by atoms with Gasteiger partial charge in [0.1, 0.15) is 42.2 Å². The highest BCUT2D eigenvalue weighted by Crippen LogP contribution is 2.60. The number of rotatable bonds is 8. The molecule has 13 heteroatoms. The predicted octanol–water partition coefficient (Wildman–Crippen LogP) is -1.71. The lowest BCUT2D eigenvalue weighted by Gasteiger charge is -2.43. The van der Waals surface area contributed by atoms with Crippen molar-refractivity contribution in [1.82, 2.24) is 0 Å². The van der Waals surface area contributed by atoms with Gasteiger partial charge in [0.05, 0.1) is 45.2 Å². The molecule has 0 spiro atoms. The number of hydrogen-bond acceptors (Lipinski definition) is 13. The van der Waals surface area contributed by atoms with Crippen LogP contribution in [0.15, 0.2) is 30.5 Å². The zero-order valence-electron chi connectivity index (χ0n) is 20.1. The van der Waals surface area contributed by atoms with Gasteiger partial charge in [0.2, 0.25) is 6.29 Å². The number of carbonyl (C=O) groups is 1. The van der Waals surface area contributed by atoms with Crippen molar-refractivity contribution in [2.24, 2.45) is 11.8 Å². The highest BCUT2D eigenvalue weighted by Gasteiger charge is 2.77. The van der Waals surface area contributed by atoms with E-state index in [-0.39, 0.29) is 5.56 Å². The van der Waals surface area contributed by atoms with E-state index in [4.69, 9.17) is 33.2 Å². The maximum absolute atomic E-state index is 13.0. The minimum absolute atomic E-state index is 0.224. The Bertz CT molecular complexity index is 1030. The molecule has 37 heavy (non-hydrogen) atoms. The molecule has 0 bridgehead atoms. The van der Waals surface area contributed by atoms with Crippen LogP contribution >= 0.6 is 0 Å². The fourth-order valence-corrected chi connectivity index (χ4v) is 5.44. The monoisotopic (exact) mass is 526 g/mol. The standard InChI is InChI=1S/C24H30O13/c1-31-12-4-3-10(7-13(12)32-2)21(30)35-19-11-5-6-33-22(15(11)24(9-26)20(19)37-24)36-23-18(29)17(28)16(27)14(8-25)34-23/h3-7,11,14-20,22-23,25-29H,8-9H2,1-2H3. The number of ether oxygens (including phenoxy) is 7. The maximum atomic E-state index is 13.0. The lowest BCUT2D eigenvalue weighted by molar-refractivity contribution is -0.344. The van der Waals surface area contributed by atoms with E-state index in [2.05, 4.69) is 0 Å². The number of aliphatic hydroxyl groups excluding tert-OH is 5. The van der Waals surface area contributed by atoms with Crippen LogP contribution < -0.4 is 9.47 Å². The summed E-state index contributed by atoms with van der Waals surface area (Å²) in [5.74, 6) is -1.00. The number of fused-ring (bicyclic) bond motifs is 3. The number of benzene rings is 1. The zero-order chi connectivity index (χ0) is 26.5. The third kappa shape index (κ3) is 4.25. The van der Waals surface area contributed by atoms with E-state index in [1.54, 1.807) is 12.1 Å². The number of methoxy groups -OCH3 is 2. The molecule has 11 unspecified atom stereocenters. The van der Waals surface area contributed by atoms with E-state index >= 15 is 0 Å². The molecule has 13 nitrogen and oxygen atoms in total. The van der Waals surface area contributed by atoms with Crippen molar-refractivity contribution in [2.75, 3.05) is 27.4 Å². The normalized spacial score (nSPS) is 41.8. The minimum atomic E-state index is -1.65. The fraction of sp³-hybridized carbons (Fsp3) is 0.625. The molecule has 2 saturated heterocycles. The Labute approximate surface area is 211 Å². The average molecular weight is 526 g/mol. The molecule has 5 N–H and O–H groups in total. The van der Waals surface area contributed by atoms with Crippen molar-refractivity contribution < 1.29 is 63.5 Å². The number of aliphatic hydroxyl groups is 5. The highest BCUT2D eigenvalue weighted by molar-refractivity contribution is 5.90. The summed E-state index contributed by atoms with van der Waals surface area (Å²) in [4.78, 5) is 13.0. The Morgan fingerprint density at radius 2 is 1.78 bits per heavy atom. The van der Waals surface area contributed by atoms with Crippen LogP contribution in [0.25, 0.3) is 0 Å². The van der Waals surface area contributed by atoms with Gasteiger partial charge in [-0.25, -0.2) is 4.79 Å². The van der Waals surface area contributed by atoms with E-state index in [9.17, 15) is 30.3 Å². The smallest absolute Gasteiger partial charge is 0.338 e. The van der Waals surface area contributed by atoms with Gasteiger partial charge in [0.25, 0.3) is 0 Å². The lowest BCUT2D eigenvalue weighted by atomic mass is 9.85. The summed E-state index contributed by atoms with van der Waals surface area (Å²) >= 11 is 0. The van der Waals surface area contributed by atoms with E-state index in [0.29, 0.717) is 11.5 Å². The van der Waals surface area contributed by atoms with Crippen LogP contribution in [-0.2, 0) is 23.7 Å². The highest BCUT2D eigenvalue weighted by atomic mass is 16.8. The van der Waals surface area contributed by atoms with Crippen LogP contribution in [0.2, 0.25) is 0 Å². The van der Waals surface area contributed by atoms with E-state index < -0.39 is 85.8 Å². The third-order valence-electron chi connectivity index (χ3n) is 7.46. The summed E-state index contributed by atoms with van der Waals surface area (Å²) < 4.78 is 39.0. The van der Waals surface area contributed by atoms with Crippen LogP contribution in [0.4, 0.5) is 0 Å². The summed E-state index contributed by atoms with van der Waals surface area (Å²) in [5.41, 5.74) is -0.918. The van der Waals surface area contributed by atoms with Crippen LogP contribution in [-0.4, -0.2) is 114 Å². The quantitative estimate of drug-likeness (QED) is 0.191. The fourth-order valence-electron chi connectivity index (χ4n) is 5.44. The molecule has 3 heterocycles. The largest absolute Gasteiger partial charge is 0.493 e. The van der Waals surface area contributed by atoms with Crippen LogP contribution in [0.5, 0.6) is 11.5 Å². The molecule has 1 aliphatic carbocycles. The summed E-state index contributed by atoms with van der Waals surface area (Å²) in [7, 11) is 2.93. The molecule has 3 aliphatic heterocycles. The molecule has 11 atom stereocenters. The van der Waals surface area contributed by atoms with Gasteiger partial charge in [-0.2, -0.15) is 0 Å². The Kier molecular flexibility index (Phi) is 7.06. The molecule has 1 aromatic rings. The molecule has 204 valence electrons. The van der Waals surface area contributed by atoms with Crippen LogP contribution in [0, 0.1) is 11.8 Å². The van der Waals surface area contributed by atoms with Gasteiger partial charge in [-0.05, 0) is 24.3 Å². The minimum Gasteiger partial charge on any atom is -0.493 e. The molecule has 5 rings (SSSR count). The van der Waals surface area contributed by atoms with E-state index in [0.717, 1.165) is 0 Å². The molecule has 0 aromatic heterocycles. The van der Waals surface area contributed by atoms with Gasteiger partial charge in [0.15, 0.2) is 17.8 Å². The number of esters is 1. The predicted molar refractivity (Wildman–Crippen MR) is 119 cm³/mol. The summed E-state index contributed by atoms with van der Waals surface area (Å²) in [5, 5.41) is 50.2. The summed E-state index contributed by atoms with van der Waals surface area (Å²) in [6, 6.07) is 4.61. The van der Waals surface area contributed by atoms with Crippen LogP contribution in [0.3, 0.4) is 0 Å². The van der Waals surface area contributed by atoms with Gasteiger partial charge < -0.3 is 58.7 Å². The van der Waals surface area contributed by atoms with Crippen molar-refractivity contribution in [3.8, 4) is 11.5 Å². The number of hydrogen-bond donors (Lipinski definition) is 5. The molecular weight excluding hydrogens is 496 g/mol. The first-order chi connectivity index (χ1) is 17.8.